The van der Waals surface area contributed by atoms with Gasteiger partial charge in [-0.1, -0.05) is 76.6 Å². The quantitative estimate of drug-likeness (QED) is 0.382. The zero-order valence-corrected chi connectivity index (χ0v) is 22.3. The van der Waals surface area contributed by atoms with Crippen LogP contribution in [0, 0.1) is 6.92 Å². The molecule has 0 fully saturated rings. The number of rotatable bonds is 9. The van der Waals surface area contributed by atoms with Crippen LogP contribution in [0.25, 0.3) is 0 Å². The first-order chi connectivity index (χ1) is 16.6. The van der Waals surface area contributed by atoms with Gasteiger partial charge in [0.15, 0.2) is 6.61 Å². The Morgan fingerprint density at radius 2 is 1.60 bits per heavy atom. The van der Waals surface area contributed by atoms with Crippen molar-refractivity contribution >= 4 is 27.7 Å². The number of carbonyl (C=O) groups excluding carboxylic acids is 2. The Kier molecular flexibility index (Phi) is 9.10. The second-order valence-electron chi connectivity index (χ2n) is 9.65. The summed E-state index contributed by atoms with van der Waals surface area (Å²) in [6.07, 6.45) is 0.396. The van der Waals surface area contributed by atoms with Crippen LogP contribution in [0.4, 0.5) is 0 Å². The lowest BCUT2D eigenvalue weighted by molar-refractivity contribution is -0.143. The second kappa shape index (κ2) is 12.0. The number of nitrogens with one attached hydrogen (secondary N) is 1. The third-order valence-electron chi connectivity index (χ3n) is 5.46. The largest absolute Gasteiger partial charge is 0.484 e. The van der Waals surface area contributed by atoms with Crippen LogP contribution >= 0.6 is 15.9 Å². The molecule has 184 valence electrons. The molecule has 35 heavy (non-hydrogen) atoms. The summed E-state index contributed by atoms with van der Waals surface area (Å²) < 4.78 is 6.80. The van der Waals surface area contributed by atoms with E-state index in [0.29, 0.717) is 12.2 Å². The fraction of sp³-hybridized carbons (Fsp3) is 0.310. The number of para-hydroxylation sites is 1. The van der Waals surface area contributed by atoms with Crippen molar-refractivity contribution in [3.05, 3.63) is 100 Å². The molecule has 0 bridgehead atoms. The summed E-state index contributed by atoms with van der Waals surface area (Å²) in [7, 11) is 0. The van der Waals surface area contributed by atoms with Crippen LogP contribution < -0.4 is 10.1 Å². The highest BCUT2D eigenvalue weighted by Crippen LogP contribution is 2.20. The monoisotopic (exact) mass is 536 g/mol. The summed E-state index contributed by atoms with van der Waals surface area (Å²) in [5, 5.41) is 3.07. The minimum absolute atomic E-state index is 0.160. The molecular weight excluding hydrogens is 504 g/mol. The number of amides is 2. The van der Waals surface area contributed by atoms with Crippen LogP contribution in [0.1, 0.15) is 37.5 Å². The van der Waals surface area contributed by atoms with Crippen LogP contribution in [0.15, 0.2) is 83.3 Å². The van der Waals surface area contributed by atoms with Gasteiger partial charge in [-0.05, 0) is 62.6 Å². The average molecular weight is 537 g/mol. The van der Waals surface area contributed by atoms with Crippen molar-refractivity contribution in [2.24, 2.45) is 0 Å². The maximum Gasteiger partial charge on any atom is 0.261 e. The molecule has 3 rings (SSSR count). The molecule has 0 aliphatic carbocycles. The van der Waals surface area contributed by atoms with Crippen molar-refractivity contribution < 1.29 is 14.3 Å². The minimum Gasteiger partial charge on any atom is -0.484 e. The summed E-state index contributed by atoms with van der Waals surface area (Å²) >= 11 is 3.51. The lowest BCUT2D eigenvalue weighted by Gasteiger charge is -2.33. The minimum atomic E-state index is -0.705. The highest BCUT2D eigenvalue weighted by atomic mass is 79.9. The van der Waals surface area contributed by atoms with Crippen LogP contribution in [-0.2, 0) is 22.6 Å². The second-order valence-corrected chi connectivity index (χ2v) is 10.6. The molecule has 0 spiro atoms. The number of carbonyl (C=O) groups is 2. The normalized spacial score (nSPS) is 12.0. The van der Waals surface area contributed by atoms with Gasteiger partial charge in [-0.3, -0.25) is 9.59 Å². The Labute approximate surface area is 216 Å². The Balaban J connectivity index is 1.94. The SMILES string of the molecule is Cc1ccccc1OCC(=O)N(Cc1cccc(Br)c1)C(Cc1ccccc1)C(=O)NC(C)(C)C. The van der Waals surface area contributed by atoms with Gasteiger partial charge >= 0.3 is 0 Å². The molecule has 0 aliphatic rings. The van der Waals surface area contributed by atoms with E-state index in [1.54, 1.807) is 4.90 Å². The van der Waals surface area contributed by atoms with E-state index in [9.17, 15) is 9.59 Å². The first kappa shape index (κ1) is 26.5. The molecule has 1 unspecified atom stereocenters. The fourth-order valence-corrected chi connectivity index (χ4v) is 4.23. The highest BCUT2D eigenvalue weighted by Gasteiger charge is 2.32. The van der Waals surface area contributed by atoms with Gasteiger partial charge in [-0.2, -0.15) is 0 Å². The molecule has 0 heterocycles. The number of hydrogen-bond donors (Lipinski definition) is 1. The molecule has 0 aliphatic heterocycles. The molecule has 0 radical (unpaired) electrons. The maximum absolute atomic E-state index is 13.6. The molecule has 1 atom stereocenters. The van der Waals surface area contributed by atoms with E-state index < -0.39 is 11.6 Å². The topological polar surface area (TPSA) is 58.6 Å². The smallest absolute Gasteiger partial charge is 0.261 e. The van der Waals surface area contributed by atoms with Gasteiger partial charge in [0.1, 0.15) is 11.8 Å². The van der Waals surface area contributed by atoms with E-state index in [-0.39, 0.29) is 25.0 Å². The third-order valence-corrected chi connectivity index (χ3v) is 5.95. The molecule has 0 saturated carbocycles. The molecule has 2 amide bonds. The van der Waals surface area contributed by atoms with E-state index in [1.807, 2.05) is 107 Å². The summed E-state index contributed by atoms with van der Waals surface area (Å²) in [6.45, 7) is 7.87. The zero-order valence-electron chi connectivity index (χ0n) is 20.8. The van der Waals surface area contributed by atoms with Crippen LogP contribution in [0.5, 0.6) is 5.75 Å². The summed E-state index contributed by atoms with van der Waals surface area (Å²) in [5.41, 5.74) is 2.41. The lowest BCUT2D eigenvalue weighted by Crippen LogP contribution is -2.55. The molecule has 5 nitrogen and oxygen atoms in total. The summed E-state index contributed by atoms with van der Waals surface area (Å²) in [4.78, 5) is 28.8. The van der Waals surface area contributed by atoms with E-state index in [0.717, 1.165) is 21.2 Å². The molecule has 1 N–H and O–H groups in total. The van der Waals surface area contributed by atoms with Crippen molar-refractivity contribution in [3.63, 3.8) is 0 Å². The highest BCUT2D eigenvalue weighted by molar-refractivity contribution is 9.10. The Hall–Kier alpha value is -3.12. The van der Waals surface area contributed by atoms with E-state index in [2.05, 4.69) is 21.2 Å². The van der Waals surface area contributed by atoms with Crippen LogP contribution in [0.2, 0.25) is 0 Å². The van der Waals surface area contributed by atoms with E-state index >= 15 is 0 Å². The van der Waals surface area contributed by atoms with Gasteiger partial charge in [0.05, 0.1) is 0 Å². The fourth-order valence-electron chi connectivity index (χ4n) is 3.78. The first-order valence-electron chi connectivity index (χ1n) is 11.7. The Morgan fingerprint density at radius 1 is 0.943 bits per heavy atom. The number of nitrogens with zero attached hydrogens (tertiary/aromatic N) is 1. The molecular formula is C29H33BrN2O3. The first-order valence-corrected chi connectivity index (χ1v) is 12.5. The standard InChI is InChI=1S/C29H33BrN2O3/c1-21-11-8-9-16-26(21)35-20-27(33)32(19-23-14-10-15-24(30)17-23)25(28(34)31-29(2,3)4)18-22-12-6-5-7-13-22/h5-17,25H,18-20H2,1-4H3,(H,31,34). The van der Waals surface area contributed by atoms with Crippen molar-refractivity contribution in [1.29, 1.82) is 0 Å². The predicted octanol–water partition coefficient (Wildman–Crippen LogP) is 5.69. The van der Waals surface area contributed by atoms with Gasteiger partial charge in [0.25, 0.3) is 5.91 Å². The molecule has 3 aromatic rings. The third kappa shape index (κ3) is 8.25. The van der Waals surface area contributed by atoms with Gasteiger partial charge in [-0.25, -0.2) is 0 Å². The Bertz CT molecular complexity index is 1140. The van der Waals surface area contributed by atoms with Crippen LogP contribution in [-0.4, -0.2) is 34.9 Å². The molecule has 6 heteroatoms. The molecule has 3 aromatic carbocycles. The van der Waals surface area contributed by atoms with Crippen molar-refractivity contribution in [3.8, 4) is 5.75 Å². The molecule has 0 saturated heterocycles. The van der Waals surface area contributed by atoms with E-state index in [4.69, 9.17) is 4.74 Å². The maximum atomic E-state index is 13.6. The van der Waals surface area contributed by atoms with Crippen molar-refractivity contribution in [2.45, 2.75) is 52.2 Å². The number of benzene rings is 3. The van der Waals surface area contributed by atoms with Crippen molar-refractivity contribution in [2.75, 3.05) is 6.61 Å². The molecule has 0 aromatic heterocycles. The van der Waals surface area contributed by atoms with Gasteiger partial charge in [0, 0.05) is 23.0 Å². The van der Waals surface area contributed by atoms with Crippen LogP contribution in [0.3, 0.4) is 0 Å². The zero-order chi connectivity index (χ0) is 25.4. The van der Waals surface area contributed by atoms with Crippen molar-refractivity contribution in [1.82, 2.24) is 10.2 Å². The number of hydrogen-bond acceptors (Lipinski definition) is 3. The van der Waals surface area contributed by atoms with Gasteiger partial charge < -0.3 is 15.0 Å². The number of ether oxygens (including phenoxy) is 1. The Morgan fingerprint density at radius 3 is 2.26 bits per heavy atom. The van der Waals surface area contributed by atoms with Gasteiger partial charge in [-0.15, -0.1) is 0 Å². The summed E-state index contributed by atoms with van der Waals surface area (Å²) in [6, 6.07) is 24.4. The summed E-state index contributed by atoms with van der Waals surface area (Å²) in [5.74, 6) is 0.209. The predicted molar refractivity (Wildman–Crippen MR) is 143 cm³/mol. The van der Waals surface area contributed by atoms with Gasteiger partial charge in [0.2, 0.25) is 5.91 Å². The average Bonchev–Trinajstić information content (AvgIpc) is 2.80. The van der Waals surface area contributed by atoms with E-state index in [1.165, 1.54) is 0 Å². The number of halogens is 1. The number of aryl methyl sites for hydroxylation is 1. The lowest BCUT2D eigenvalue weighted by atomic mass is 10.0.